The zero-order valence-electron chi connectivity index (χ0n) is 18.9. The molecule has 176 valence electrons. The number of hydrogen-bond donors (Lipinski definition) is 2. The van der Waals surface area contributed by atoms with Crippen LogP contribution in [0, 0.1) is 5.41 Å². The number of ether oxygens (including phenoxy) is 6. The van der Waals surface area contributed by atoms with Crippen LogP contribution < -0.4 is 0 Å². The van der Waals surface area contributed by atoms with E-state index in [2.05, 4.69) is 0 Å². The van der Waals surface area contributed by atoms with Crippen LogP contribution in [0.1, 0.15) is 46.5 Å². The fraction of sp³-hybridized carbons (Fsp3) is 0.952. The Balaban J connectivity index is 2.21. The summed E-state index contributed by atoms with van der Waals surface area (Å²) in [5.41, 5.74) is -0.589. The fourth-order valence-corrected chi connectivity index (χ4v) is 4.29. The summed E-state index contributed by atoms with van der Waals surface area (Å²) in [6.45, 7) is 6.07. The molecule has 30 heavy (non-hydrogen) atoms. The third-order valence-corrected chi connectivity index (χ3v) is 6.39. The molecule has 0 radical (unpaired) electrons. The van der Waals surface area contributed by atoms with Crippen molar-refractivity contribution in [1.82, 2.24) is 0 Å². The maximum atomic E-state index is 11.4. The summed E-state index contributed by atoms with van der Waals surface area (Å²) in [5.74, 6) is -0.936. The van der Waals surface area contributed by atoms with Gasteiger partial charge in [-0.15, -0.1) is 0 Å². The first kappa shape index (κ1) is 25.5. The molecule has 0 aromatic heterocycles. The third kappa shape index (κ3) is 5.91. The van der Waals surface area contributed by atoms with Crippen molar-refractivity contribution in [2.75, 3.05) is 27.9 Å². The molecule has 0 unspecified atom stereocenters. The Morgan fingerprint density at radius 2 is 1.83 bits per heavy atom. The van der Waals surface area contributed by atoms with Crippen LogP contribution in [-0.2, 0) is 33.2 Å². The van der Waals surface area contributed by atoms with Crippen LogP contribution in [0.3, 0.4) is 0 Å². The standard InChI is InChI=1S/C21H38O9/c1-7-12(22)8-13-9-15(21(2,3)16(29-13)10-17(23)24)30-20-19(27-6)18(26-5)14(25-4)11-28-20/h12-16,18-20,22H,7-11H2,1-6H3,(H,23,24)/t12-,13-,14-,15+,16+,18+,19-,20+/m1/s1. The summed E-state index contributed by atoms with van der Waals surface area (Å²) in [6.07, 6.45) is -2.19. The number of aliphatic hydroxyl groups excluding tert-OH is 1. The second-order valence-corrected chi connectivity index (χ2v) is 8.70. The number of aliphatic hydroxyl groups is 1. The normalized spacial score (nSPS) is 37.6. The predicted molar refractivity (Wildman–Crippen MR) is 107 cm³/mol. The van der Waals surface area contributed by atoms with Crippen LogP contribution in [0.25, 0.3) is 0 Å². The van der Waals surface area contributed by atoms with Crippen molar-refractivity contribution in [3.63, 3.8) is 0 Å². The highest BCUT2D eigenvalue weighted by molar-refractivity contribution is 5.67. The highest BCUT2D eigenvalue weighted by atomic mass is 16.7. The van der Waals surface area contributed by atoms with Gasteiger partial charge < -0.3 is 38.6 Å². The van der Waals surface area contributed by atoms with E-state index in [-0.39, 0.29) is 30.8 Å². The van der Waals surface area contributed by atoms with E-state index in [1.807, 2.05) is 20.8 Å². The zero-order valence-corrected chi connectivity index (χ0v) is 18.9. The summed E-state index contributed by atoms with van der Waals surface area (Å²) < 4.78 is 35.1. The summed E-state index contributed by atoms with van der Waals surface area (Å²) in [4.78, 5) is 11.4. The van der Waals surface area contributed by atoms with Crippen LogP contribution in [0.5, 0.6) is 0 Å². The van der Waals surface area contributed by atoms with E-state index in [9.17, 15) is 15.0 Å². The lowest BCUT2D eigenvalue weighted by atomic mass is 9.74. The Kier molecular flexibility index (Phi) is 9.48. The molecule has 2 aliphatic heterocycles. The molecule has 0 aromatic rings. The highest BCUT2D eigenvalue weighted by Gasteiger charge is 2.50. The Morgan fingerprint density at radius 3 is 2.37 bits per heavy atom. The smallest absolute Gasteiger partial charge is 0.306 e. The number of carbonyl (C=O) groups is 1. The van der Waals surface area contributed by atoms with Gasteiger partial charge in [0.2, 0.25) is 0 Å². The van der Waals surface area contributed by atoms with E-state index in [0.29, 0.717) is 25.9 Å². The molecule has 0 amide bonds. The summed E-state index contributed by atoms with van der Waals surface area (Å²) in [7, 11) is 4.75. The van der Waals surface area contributed by atoms with Crippen LogP contribution in [0.2, 0.25) is 0 Å². The molecule has 0 aromatic carbocycles. The predicted octanol–water partition coefficient (Wildman–Crippen LogP) is 1.59. The minimum atomic E-state index is -0.936. The van der Waals surface area contributed by atoms with Gasteiger partial charge in [-0.05, 0) is 12.8 Å². The second kappa shape index (κ2) is 11.2. The summed E-state index contributed by atoms with van der Waals surface area (Å²) >= 11 is 0. The van der Waals surface area contributed by atoms with Crippen molar-refractivity contribution in [3.8, 4) is 0 Å². The molecule has 8 atom stereocenters. The largest absolute Gasteiger partial charge is 0.481 e. The number of rotatable bonds is 10. The zero-order chi connectivity index (χ0) is 22.5. The average Bonchev–Trinajstić information content (AvgIpc) is 2.70. The molecule has 2 fully saturated rings. The van der Waals surface area contributed by atoms with E-state index in [1.54, 1.807) is 21.3 Å². The van der Waals surface area contributed by atoms with Gasteiger partial charge in [0.25, 0.3) is 0 Å². The minimum Gasteiger partial charge on any atom is -0.481 e. The Morgan fingerprint density at radius 1 is 1.17 bits per heavy atom. The number of carboxylic acid groups (broad SMARTS) is 1. The van der Waals surface area contributed by atoms with Gasteiger partial charge in [-0.25, -0.2) is 0 Å². The monoisotopic (exact) mass is 434 g/mol. The lowest BCUT2D eigenvalue weighted by Gasteiger charge is -2.50. The van der Waals surface area contributed by atoms with Crippen LogP contribution in [0.4, 0.5) is 0 Å². The topological polar surface area (TPSA) is 113 Å². The maximum Gasteiger partial charge on any atom is 0.306 e. The van der Waals surface area contributed by atoms with Gasteiger partial charge in [-0.1, -0.05) is 20.8 Å². The average molecular weight is 435 g/mol. The third-order valence-electron chi connectivity index (χ3n) is 6.39. The molecule has 9 heteroatoms. The first-order valence-electron chi connectivity index (χ1n) is 10.6. The Hall–Kier alpha value is -0.810. The van der Waals surface area contributed by atoms with Gasteiger partial charge in [0.05, 0.1) is 37.4 Å². The van der Waals surface area contributed by atoms with Crippen LogP contribution in [0.15, 0.2) is 0 Å². The molecule has 2 aliphatic rings. The van der Waals surface area contributed by atoms with Crippen molar-refractivity contribution in [2.45, 2.75) is 95.5 Å². The molecular weight excluding hydrogens is 396 g/mol. The molecular formula is C21H38O9. The molecule has 9 nitrogen and oxygen atoms in total. The van der Waals surface area contributed by atoms with E-state index in [1.165, 1.54) is 0 Å². The molecule has 0 saturated carbocycles. The highest BCUT2D eigenvalue weighted by Crippen LogP contribution is 2.42. The van der Waals surface area contributed by atoms with Crippen molar-refractivity contribution >= 4 is 5.97 Å². The number of aliphatic carboxylic acids is 1. The molecule has 0 spiro atoms. The van der Waals surface area contributed by atoms with Crippen LogP contribution in [-0.4, -0.2) is 93.1 Å². The second-order valence-electron chi connectivity index (χ2n) is 8.70. The van der Waals surface area contributed by atoms with Gasteiger partial charge in [-0.3, -0.25) is 4.79 Å². The molecule has 2 N–H and O–H groups in total. The van der Waals surface area contributed by atoms with E-state index >= 15 is 0 Å². The van der Waals surface area contributed by atoms with Gasteiger partial charge in [0.1, 0.15) is 18.3 Å². The van der Waals surface area contributed by atoms with Crippen molar-refractivity contribution in [3.05, 3.63) is 0 Å². The fourth-order valence-electron chi connectivity index (χ4n) is 4.29. The number of methoxy groups -OCH3 is 3. The van der Waals surface area contributed by atoms with Gasteiger partial charge in [0.15, 0.2) is 6.29 Å². The maximum absolute atomic E-state index is 11.4. The molecule has 2 saturated heterocycles. The lowest BCUT2D eigenvalue weighted by Crippen LogP contribution is -2.59. The molecule has 2 rings (SSSR count). The Labute approximate surface area is 178 Å². The molecule has 0 bridgehead atoms. The van der Waals surface area contributed by atoms with E-state index in [0.717, 1.165) is 0 Å². The first-order valence-corrected chi connectivity index (χ1v) is 10.6. The van der Waals surface area contributed by atoms with Crippen molar-refractivity contribution < 1.29 is 43.4 Å². The lowest BCUT2D eigenvalue weighted by molar-refractivity contribution is -0.318. The summed E-state index contributed by atoms with van der Waals surface area (Å²) in [6, 6.07) is 0. The molecule has 2 heterocycles. The van der Waals surface area contributed by atoms with E-state index in [4.69, 9.17) is 28.4 Å². The number of hydrogen-bond acceptors (Lipinski definition) is 8. The van der Waals surface area contributed by atoms with E-state index < -0.39 is 36.0 Å². The van der Waals surface area contributed by atoms with Gasteiger partial charge in [-0.2, -0.15) is 0 Å². The number of carboxylic acids is 1. The summed E-state index contributed by atoms with van der Waals surface area (Å²) in [5, 5.41) is 19.5. The van der Waals surface area contributed by atoms with Crippen molar-refractivity contribution in [2.24, 2.45) is 5.41 Å². The van der Waals surface area contributed by atoms with Crippen molar-refractivity contribution in [1.29, 1.82) is 0 Å². The quantitative estimate of drug-likeness (QED) is 0.529. The first-order chi connectivity index (χ1) is 14.2. The minimum absolute atomic E-state index is 0.142. The molecule has 0 aliphatic carbocycles. The SMILES string of the molecule is CC[C@@H](O)C[C@@H]1C[C@H](O[C@@H]2OC[C@@H](OC)[C@H](OC)[C@H]2OC)C(C)(C)[C@H](CC(=O)O)O1. The van der Waals surface area contributed by atoms with Gasteiger partial charge in [0, 0.05) is 33.2 Å². The Bertz CT molecular complexity index is 541. The van der Waals surface area contributed by atoms with Gasteiger partial charge >= 0.3 is 5.97 Å². The van der Waals surface area contributed by atoms with Crippen LogP contribution >= 0.6 is 0 Å².